The third kappa shape index (κ3) is 4.18. The minimum atomic E-state index is -3.73. The van der Waals surface area contributed by atoms with Crippen molar-refractivity contribution in [2.75, 3.05) is 14.1 Å². The predicted octanol–water partition coefficient (Wildman–Crippen LogP) is 2.43. The van der Waals surface area contributed by atoms with E-state index in [1.807, 2.05) is 0 Å². The maximum Gasteiger partial charge on any atom is 0.274 e. The molecule has 1 amide bonds. The van der Waals surface area contributed by atoms with Gasteiger partial charge in [-0.25, -0.2) is 12.7 Å². The third-order valence-corrected chi connectivity index (χ3v) is 5.73. The second kappa shape index (κ2) is 7.81. The Balaban J connectivity index is 2.27. The largest absolute Gasteiger partial charge is 0.348 e. The molecule has 0 radical (unpaired) electrons. The van der Waals surface area contributed by atoms with Gasteiger partial charge in [0.1, 0.15) is 0 Å². The van der Waals surface area contributed by atoms with E-state index in [1.165, 1.54) is 50.5 Å². The fourth-order valence-electron chi connectivity index (χ4n) is 2.16. The predicted molar refractivity (Wildman–Crippen MR) is 96.6 cm³/mol. The van der Waals surface area contributed by atoms with Gasteiger partial charge in [-0.3, -0.25) is 14.9 Å². The van der Waals surface area contributed by atoms with Crippen molar-refractivity contribution in [1.82, 2.24) is 9.62 Å². The summed E-state index contributed by atoms with van der Waals surface area (Å²) in [5, 5.41) is 13.6. The number of hydrogen-bond acceptors (Lipinski definition) is 5. The standard InChI is InChI=1S/C16H16ClN3O5S/c1-19(2)26(24,25)12-7-8-14(17)13(9-12)16(21)18-10-11-5-3-4-6-15(11)20(22)23/h3-9H,10H2,1-2H3,(H,18,21). The lowest BCUT2D eigenvalue weighted by Gasteiger charge is -2.13. The molecule has 138 valence electrons. The van der Waals surface area contributed by atoms with E-state index in [0.717, 1.165) is 4.31 Å². The van der Waals surface area contributed by atoms with Crippen molar-refractivity contribution >= 4 is 33.2 Å². The van der Waals surface area contributed by atoms with Gasteiger partial charge in [-0.05, 0) is 18.2 Å². The molecule has 0 bridgehead atoms. The van der Waals surface area contributed by atoms with Crippen LogP contribution >= 0.6 is 11.6 Å². The summed E-state index contributed by atoms with van der Waals surface area (Å²) >= 11 is 6.01. The summed E-state index contributed by atoms with van der Waals surface area (Å²) in [5.41, 5.74) is 0.162. The first-order valence-corrected chi connectivity index (χ1v) is 9.19. The summed E-state index contributed by atoms with van der Waals surface area (Å²) in [4.78, 5) is 22.8. The molecule has 26 heavy (non-hydrogen) atoms. The van der Waals surface area contributed by atoms with Gasteiger partial charge >= 0.3 is 0 Å². The number of nitrogens with zero attached hydrogens (tertiary/aromatic N) is 2. The number of nitro groups is 1. The van der Waals surface area contributed by atoms with Crippen LogP contribution in [0, 0.1) is 10.1 Å². The number of carbonyl (C=O) groups is 1. The smallest absolute Gasteiger partial charge is 0.274 e. The van der Waals surface area contributed by atoms with Gasteiger partial charge in [0.2, 0.25) is 10.0 Å². The molecule has 0 spiro atoms. The Bertz CT molecular complexity index is 960. The van der Waals surface area contributed by atoms with Gasteiger partial charge in [0, 0.05) is 32.3 Å². The van der Waals surface area contributed by atoms with Gasteiger partial charge in [-0.2, -0.15) is 0 Å². The van der Waals surface area contributed by atoms with E-state index in [-0.39, 0.29) is 27.7 Å². The summed E-state index contributed by atoms with van der Waals surface area (Å²) < 4.78 is 25.4. The zero-order chi connectivity index (χ0) is 19.5. The van der Waals surface area contributed by atoms with Crippen LogP contribution < -0.4 is 5.32 Å². The number of amides is 1. The number of benzene rings is 2. The van der Waals surface area contributed by atoms with Crippen molar-refractivity contribution in [2.24, 2.45) is 0 Å². The van der Waals surface area contributed by atoms with E-state index in [9.17, 15) is 23.3 Å². The Kier molecular flexibility index (Phi) is 5.96. The molecule has 0 aliphatic carbocycles. The van der Waals surface area contributed by atoms with E-state index in [0.29, 0.717) is 5.56 Å². The van der Waals surface area contributed by atoms with Crippen LogP contribution in [0.15, 0.2) is 47.4 Å². The van der Waals surface area contributed by atoms with Crippen LogP contribution in [0.5, 0.6) is 0 Å². The van der Waals surface area contributed by atoms with Crippen molar-refractivity contribution in [1.29, 1.82) is 0 Å². The number of nitro benzene ring substituents is 1. The minimum Gasteiger partial charge on any atom is -0.348 e. The molecule has 0 unspecified atom stereocenters. The molecule has 1 N–H and O–H groups in total. The average molecular weight is 398 g/mol. The van der Waals surface area contributed by atoms with E-state index in [1.54, 1.807) is 6.07 Å². The molecule has 2 aromatic carbocycles. The van der Waals surface area contributed by atoms with Crippen LogP contribution in [0.1, 0.15) is 15.9 Å². The van der Waals surface area contributed by atoms with Gasteiger partial charge in [-0.1, -0.05) is 29.8 Å². The number of hydrogen-bond donors (Lipinski definition) is 1. The zero-order valence-corrected chi connectivity index (χ0v) is 15.5. The van der Waals surface area contributed by atoms with E-state index in [4.69, 9.17) is 11.6 Å². The summed E-state index contributed by atoms with van der Waals surface area (Å²) in [7, 11) is -0.983. The van der Waals surface area contributed by atoms with E-state index >= 15 is 0 Å². The number of para-hydroxylation sites is 1. The summed E-state index contributed by atoms with van der Waals surface area (Å²) in [6, 6.07) is 9.79. The Labute approximate surface area is 155 Å². The van der Waals surface area contributed by atoms with Crippen LogP contribution in [-0.4, -0.2) is 37.6 Å². The van der Waals surface area contributed by atoms with Crippen molar-refractivity contribution in [2.45, 2.75) is 11.4 Å². The SMILES string of the molecule is CN(C)S(=O)(=O)c1ccc(Cl)c(C(=O)NCc2ccccc2[N+](=O)[O-])c1. The number of carbonyl (C=O) groups excluding carboxylic acids is 1. The maximum atomic E-state index is 12.4. The highest BCUT2D eigenvalue weighted by atomic mass is 35.5. The van der Waals surface area contributed by atoms with E-state index < -0.39 is 20.9 Å². The molecule has 2 aromatic rings. The molecule has 0 heterocycles. The fourth-order valence-corrected chi connectivity index (χ4v) is 3.29. The first-order chi connectivity index (χ1) is 12.1. The molecule has 0 aliphatic heterocycles. The lowest BCUT2D eigenvalue weighted by molar-refractivity contribution is -0.385. The van der Waals surface area contributed by atoms with Crippen molar-refractivity contribution < 1.29 is 18.1 Å². The molecule has 0 fully saturated rings. The first-order valence-electron chi connectivity index (χ1n) is 7.37. The normalized spacial score (nSPS) is 11.4. The van der Waals surface area contributed by atoms with Gasteiger partial charge < -0.3 is 5.32 Å². The van der Waals surface area contributed by atoms with Crippen molar-refractivity contribution in [3.63, 3.8) is 0 Å². The topological polar surface area (TPSA) is 110 Å². The van der Waals surface area contributed by atoms with Crippen LogP contribution in [0.4, 0.5) is 5.69 Å². The zero-order valence-electron chi connectivity index (χ0n) is 14.0. The molecule has 2 rings (SSSR count). The summed E-state index contributed by atoms with van der Waals surface area (Å²) in [5.74, 6) is -0.635. The maximum absolute atomic E-state index is 12.4. The Morgan fingerprint density at radius 1 is 1.23 bits per heavy atom. The molecular weight excluding hydrogens is 382 g/mol. The second-order valence-electron chi connectivity index (χ2n) is 5.50. The third-order valence-electron chi connectivity index (χ3n) is 3.59. The summed E-state index contributed by atoms with van der Waals surface area (Å²) in [6.45, 7) is -0.100. The monoisotopic (exact) mass is 397 g/mol. The molecule has 0 saturated heterocycles. The highest BCUT2D eigenvalue weighted by Gasteiger charge is 2.21. The Morgan fingerprint density at radius 2 is 1.88 bits per heavy atom. The Morgan fingerprint density at radius 3 is 2.50 bits per heavy atom. The Hall–Kier alpha value is -2.49. The van der Waals surface area contributed by atoms with Crippen molar-refractivity contribution in [3.8, 4) is 0 Å². The van der Waals surface area contributed by atoms with Crippen molar-refractivity contribution in [3.05, 3.63) is 68.7 Å². The molecule has 8 nitrogen and oxygen atoms in total. The molecule has 0 saturated carbocycles. The number of halogens is 1. The minimum absolute atomic E-state index is 0.0341. The average Bonchev–Trinajstić information content (AvgIpc) is 2.59. The highest BCUT2D eigenvalue weighted by Crippen LogP contribution is 2.23. The van der Waals surface area contributed by atoms with E-state index in [2.05, 4.69) is 5.32 Å². The van der Waals surface area contributed by atoms with Crippen LogP contribution in [-0.2, 0) is 16.6 Å². The highest BCUT2D eigenvalue weighted by molar-refractivity contribution is 7.89. The molecular formula is C16H16ClN3O5S. The molecule has 0 aromatic heterocycles. The van der Waals surface area contributed by atoms with Crippen LogP contribution in [0.25, 0.3) is 0 Å². The molecule has 10 heteroatoms. The lowest BCUT2D eigenvalue weighted by atomic mass is 10.1. The lowest BCUT2D eigenvalue weighted by Crippen LogP contribution is -2.25. The second-order valence-corrected chi connectivity index (χ2v) is 8.06. The number of nitrogens with one attached hydrogen (secondary N) is 1. The summed E-state index contributed by atoms with van der Waals surface area (Å²) in [6.07, 6.45) is 0. The molecule has 0 atom stereocenters. The number of rotatable bonds is 6. The van der Waals surface area contributed by atoms with Crippen LogP contribution in [0.2, 0.25) is 5.02 Å². The van der Waals surface area contributed by atoms with Crippen LogP contribution in [0.3, 0.4) is 0 Å². The first kappa shape index (κ1) is 19.8. The molecule has 0 aliphatic rings. The van der Waals surface area contributed by atoms with Gasteiger partial charge in [0.25, 0.3) is 11.6 Å². The quantitative estimate of drug-likeness (QED) is 0.594. The fraction of sp³-hybridized carbons (Fsp3) is 0.188. The van der Waals surface area contributed by atoms with Gasteiger partial charge in [0.15, 0.2) is 0 Å². The van der Waals surface area contributed by atoms with Gasteiger partial charge in [0.05, 0.1) is 20.4 Å². The number of sulfonamides is 1. The van der Waals surface area contributed by atoms with Gasteiger partial charge in [-0.15, -0.1) is 0 Å².